The third-order valence-electron chi connectivity index (χ3n) is 6.06. The van der Waals surface area contributed by atoms with Crippen LogP contribution in [0.3, 0.4) is 0 Å². The molecule has 4 aromatic rings. The van der Waals surface area contributed by atoms with Gasteiger partial charge in [-0.05, 0) is 71.3 Å². The van der Waals surface area contributed by atoms with Crippen molar-refractivity contribution < 1.29 is 4.57 Å². The Labute approximate surface area is 211 Å². The number of anilines is 2. The highest BCUT2D eigenvalue weighted by atomic mass is 79.9. The molecule has 0 atom stereocenters. The topological polar surface area (TPSA) is 10.4 Å². The highest BCUT2D eigenvalue weighted by Crippen LogP contribution is 2.28. The SMILES string of the molecule is CN(C)c1ccc(C=Cc2cc(-c3ccc(N(C)C)cc3)cc(-c3ccc(Br)cc3)[n+]2C)cc1. The number of aromatic nitrogens is 1. The summed E-state index contributed by atoms with van der Waals surface area (Å²) >= 11 is 3.56. The van der Waals surface area contributed by atoms with Crippen molar-refractivity contribution in [2.75, 3.05) is 38.0 Å². The summed E-state index contributed by atoms with van der Waals surface area (Å²) in [6.07, 6.45) is 4.38. The largest absolute Gasteiger partial charge is 0.378 e. The van der Waals surface area contributed by atoms with Crippen LogP contribution in [0.5, 0.6) is 0 Å². The number of hydrogen-bond acceptors (Lipinski definition) is 2. The maximum absolute atomic E-state index is 3.56. The van der Waals surface area contributed by atoms with Gasteiger partial charge in [-0.3, -0.25) is 0 Å². The van der Waals surface area contributed by atoms with Gasteiger partial charge in [0.15, 0.2) is 0 Å². The third-order valence-corrected chi connectivity index (χ3v) is 6.59. The highest BCUT2D eigenvalue weighted by Gasteiger charge is 2.17. The lowest BCUT2D eigenvalue weighted by Gasteiger charge is -2.13. The van der Waals surface area contributed by atoms with E-state index in [1.54, 1.807) is 0 Å². The smallest absolute Gasteiger partial charge is 0.213 e. The fraction of sp³-hybridized carbons (Fsp3) is 0.167. The van der Waals surface area contributed by atoms with Crippen LogP contribution >= 0.6 is 15.9 Å². The maximum atomic E-state index is 3.56. The Morgan fingerprint density at radius 1 is 0.618 bits per heavy atom. The molecule has 0 radical (unpaired) electrons. The molecule has 0 saturated heterocycles. The lowest BCUT2D eigenvalue weighted by Crippen LogP contribution is -2.34. The molecule has 4 heteroatoms. The minimum absolute atomic E-state index is 1.08. The Bertz CT molecular complexity index is 1290. The molecular weight excluding hydrogens is 482 g/mol. The van der Waals surface area contributed by atoms with Gasteiger partial charge >= 0.3 is 0 Å². The van der Waals surface area contributed by atoms with Gasteiger partial charge in [-0.15, -0.1) is 0 Å². The van der Waals surface area contributed by atoms with Crippen LogP contribution in [0.25, 0.3) is 34.5 Å². The van der Waals surface area contributed by atoms with Crippen molar-refractivity contribution in [3.05, 3.63) is 101 Å². The first kappa shape index (κ1) is 23.8. The minimum atomic E-state index is 1.08. The van der Waals surface area contributed by atoms with Crippen molar-refractivity contribution in [3.63, 3.8) is 0 Å². The first-order chi connectivity index (χ1) is 16.3. The van der Waals surface area contributed by atoms with Gasteiger partial charge in [-0.2, -0.15) is 4.57 Å². The molecule has 0 bridgehead atoms. The molecule has 0 aliphatic carbocycles. The van der Waals surface area contributed by atoms with Gasteiger partial charge in [-0.25, -0.2) is 0 Å². The monoisotopic (exact) mass is 512 g/mol. The Balaban J connectivity index is 1.78. The zero-order valence-corrected chi connectivity index (χ0v) is 22.0. The van der Waals surface area contributed by atoms with Crippen LogP contribution in [0, 0.1) is 0 Å². The van der Waals surface area contributed by atoms with Crippen molar-refractivity contribution in [3.8, 4) is 22.4 Å². The highest BCUT2D eigenvalue weighted by molar-refractivity contribution is 9.10. The predicted molar refractivity (Wildman–Crippen MR) is 150 cm³/mol. The fourth-order valence-electron chi connectivity index (χ4n) is 3.92. The number of halogens is 1. The molecule has 34 heavy (non-hydrogen) atoms. The molecule has 0 N–H and O–H groups in total. The van der Waals surface area contributed by atoms with Crippen LogP contribution in [0.15, 0.2) is 89.4 Å². The summed E-state index contributed by atoms with van der Waals surface area (Å²) < 4.78 is 3.33. The van der Waals surface area contributed by atoms with Crippen LogP contribution in [0.2, 0.25) is 0 Å². The van der Waals surface area contributed by atoms with Crippen LogP contribution in [-0.4, -0.2) is 28.2 Å². The van der Waals surface area contributed by atoms with E-state index >= 15 is 0 Å². The number of nitrogens with zero attached hydrogens (tertiary/aromatic N) is 3. The van der Waals surface area contributed by atoms with Crippen molar-refractivity contribution >= 4 is 39.5 Å². The number of pyridine rings is 1. The molecule has 0 saturated carbocycles. The van der Waals surface area contributed by atoms with Crippen molar-refractivity contribution in [1.82, 2.24) is 0 Å². The second-order valence-electron chi connectivity index (χ2n) is 8.88. The van der Waals surface area contributed by atoms with E-state index in [1.165, 1.54) is 39.3 Å². The van der Waals surface area contributed by atoms with Gasteiger partial charge in [0, 0.05) is 67.8 Å². The second-order valence-corrected chi connectivity index (χ2v) is 9.80. The average molecular weight is 514 g/mol. The standard InChI is InChI=1S/C30H31BrN3/c1-32(2)27-15-6-22(7-16-27)8-17-29-20-25(23-11-18-28(19-12-23)33(3)4)21-30(34(29)5)24-9-13-26(31)14-10-24/h6-21H,1-5H3/q+1. The summed E-state index contributed by atoms with van der Waals surface area (Å²) in [6, 6.07) is 30.4. The summed E-state index contributed by atoms with van der Waals surface area (Å²) in [5, 5.41) is 0. The summed E-state index contributed by atoms with van der Waals surface area (Å²) in [4.78, 5) is 4.24. The van der Waals surface area contributed by atoms with Crippen molar-refractivity contribution in [2.24, 2.45) is 7.05 Å². The molecule has 4 rings (SSSR count). The van der Waals surface area contributed by atoms with E-state index in [-0.39, 0.29) is 0 Å². The van der Waals surface area contributed by atoms with E-state index in [1.807, 2.05) is 0 Å². The fourth-order valence-corrected chi connectivity index (χ4v) is 4.19. The van der Waals surface area contributed by atoms with Crippen molar-refractivity contribution in [1.29, 1.82) is 0 Å². The first-order valence-electron chi connectivity index (χ1n) is 11.3. The van der Waals surface area contributed by atoms with E-state index in [9.17, 15) is 0 Å². The normalized spacial score (nSPS) is 11.1. The van der Waals surface area contributed by atoms with Crippen LogP contribution < -0.4 is 14.4 Å². The third kappa shape index (κ3) is 5.40. The quantitative estimate of drug-likeness (QED) is 0.260. The molecule has 0 unspecified atom stereocenters. The molecule has 0 fully saturated rings. The number of rotatable bonds is 6. The molecule has 3 nitrogen and oxygen atoms in total. The van der Waals surface area contributed by atoms with E-state index < -0.39 is 0 Å². The Hall–Kier alpha value is -3.37. The minimum Gasteiger partial charge on any atom is -0.378 e. The number of hydrogen-bond donors (Lipinski definition) is 0. The van der Waals surface area contributed by atoms with E-state index in [0.29, 0.717) is 0 Å². The molecule has 172 valence electrons. The van der Waals surface area contributed by atoms with Gasteiger partial charge < -0.3 is 9.80 Å². The van der Waals surface area contributed by atoms with Gasteiger partial charge in [0.1, 0.15) is 7.05 Å². The van der Waals surface area contributed by atoms with Crippen LogP contribution in [0.4, 0.5) is 11.4 Å². The summed E-state index contributed by atoms with van der Waals surface area (Å²) in [5.74, 6) is 0. The molecular formula is C30H31BrN3+. The molecule has 3 aromatic carbocycles. The Morgan fingerprint density at radius 3 is 1.71 bits per heavy atom. The molecule has 0 aliphatic rings. The van der Waals surface area contributed by atoms with Crippen LogP contribution in [0.1, 0.15) is 11.3 Å². The zero-order chi connectivity index (χ0) is 24.2. The van der Waals surface area contributed by atoms with E-state index in [0.717, 1.165) is 10.2 Å². The summed E-state index contributed by atoms with van der Waals surface area (Å²) in [7, 11) is 10.4. The van der Waals surface area contributed by atoms with Crippen LogP contribution in [-0.2, 0) is 7.05 Å². The van der Waals surface area contributed by atoms with Crippen molar-refractivity contribution in [2.45, 2.75) is 0 Å². The average Bonchev–Trinajstić information content (AvgIpc) is 2.84. The molecule has 0 aliphatic heterocycles. The van der Waals surface area contributed by atoms with E-state index in [4.69, 9.17) is 0 Å². The second kappa shape index (κ2) is 10.3. The molecule has 1 aromatic heterocycles. The maximum Gasteiger partial charge on any atom is 0.213 e. The Morgan fingerprint density at radius 2 is 1.15 bits per heavy atom. The molecule has 0 amide bonds. The zero-order valence-electron chi connectivity index (χ0n) is 20.5. The van der Waals surface area contributed by atoms with Gasteiger partial charge in [0.25, 0.3) is 0 Å². The lowest BCUT2D eigenvalue weighted by atomic mass is 10.0. The van der Waals surface area contributed by atoms with Gasteiger partial charge in [-0.1, -0.05) is 40.2 Å². The number of benzene rings is 3. The predicted octanol–water partition coefficient (Wildman–Crippen LogP) is 6.91. The molecule has 1 heterocycles. The van der Waals surface area contributed by atoms with Gasteiger partial charge in [0.05, 0.1) is 0 Å². The Kier molecular flexibility index (Phi) is 7.18. The summed E-state index contributed by atoms with van der Waals surface area (Å²) in [6.45, 7) is 0. The molecule has 0 spiro atoms. The van der Waals surface area contributed by atoms with Gasteiger partial charge in [0.2, 0.25) is 11.4 Å². The van der Waals surface area contributed by atoms with E-state index in [2.05, 4.69) is 163 Å². The first-order valence-corrected chi connectivity index (χ1v) is 12.1. The lowest BCUT2D eigenvalue weighted by molar-refractivity contribution is -0.662. The summed E-state index contributed by atoms with van der Waals surface area (Å²) in [5.41, 5.74) is 9.47.